The molecule has 1 aromatic carbocycles. The molecule has 2 unspecified atom stereocenters. The van der Waals surface area contributed by atoms with Gasteiger partial charge in [-0.3, -0.25) is 9.98 Å². The Bertz CT molecular complexity index is 1260. The van der Waals surface area contributed by atoms with Gasteiger partial charge >= 0.3 is 0 Å². The van der Waals surface area contributed by atoms with E-state index < -0.39 is 26.9 Å². The molecule has 2 aromatic heterocycles. The molecule has 156 valence electrons. The van der Waals surface area contributed by atoms with Gasteiger partial charge in [-0.05, 0) is 31.2 Å². The number of hydrogen-bond acceptors (Lipinski definition) is 8. The average molecular weight is 429 g/mol. The van der Waals surface area contributed by atoms with Crippen LogP contribution in [0.25, 0.3) is 11.0 Å². The SMILES string of the molecule is COc1cnc2c(Nc3ccc(F)c(C4CS(=O)(=O)C(C)C(N)=N4)c3)ccnc2c1. The predicted molar refractivity (Wildman–Crippen MR) is 113 cm³/mol. The minimum atomic E-state index is -3.50. The molecule has 0 saturated heterocycles. The third kappa shape index (κ3) is 3.65. The molecule has 0 bridgehead atoms. The first kappa shape index (κ1) is 20.0. The van der Waals surface area contributed by atoms with Gasteiger partial charge in [0.15, 0.2) is 9.84 Å². The Morgan fingerprint density at radius 3 is 2.77 bits per heavy atom. The van der Waals surface area contributed by atoms with Crippen LogP contribution in [-0.4, -0.2) is 42.3 Å². The summed E-state index contributed by atoms with van der Waals surface area (Å²) in [6.07, 6.45) is 3.20. The normalized spacial score (nSPS) is 20.6. The third-order valence-corrected chi connectivity index (χ3v) is 7.17. The summed E-state index contributed by atoms with van der Waals surface area (Å²) in [7, 11) is -1.96. The number of hydrogen-bond donors (Lipinski definition) is 2. The molecule has 8 nitrogen and oxygen atoms in total. The van der Waals surface area contributed by atoms with Gasteiger partial charge in [0.1, 0.15) is 28.2 Å². The van der Waals surface area contributed by atoms with Gasteiger partial charge in [-0.25, -0.2) is 17.8 Å². The Morgan fingerprint density at radius 1 is 1.23 bits per heavy atom. The maximum absolute atomic E-state index is 14.5. The van der Waals surface area contributed by atoms with Crippen LogP contribution in [0.1, 0.15) is 18.5 Å². The first-order chi connectivity index (χ1) is 14.3. The number of rotatable bonds is 4. The monoisotopic (exact) mass is 429 g/mol. The summed E-state index contributed by atoms with van der Waals surface area (Å²) in [5.41, 5.74) is 8.40. The number of sulfone groups is 1. The topological polar surface area (TPSA) is 120 Å². The minimum absolute atomic E-state index is 0.0118. The Labute approximate surface area is 172 Å². The van der Waals surface area contributed by atoms with Crippen LogP contribution < -0.4 is 15.8 Å². The van der Waals surface area contributed by atoms with E-state index in [1.807, 2.05) is 0 Å². The number of methoxy groups -OCH3 is 1. The van der Waals surface area contributed by atoms with Gasteiger partial charge in [0, 0.05) is 23.5 Å². The van der Waals surface area contributed by atoms with Gasteiger partial charge in [-0.1, -0.05) is 0 Å². The molecule has 0 saturated carbocycles. The molecule has 3 N–H and O–H groups in total. The quantitative estimate of drug-likeness (QED) is 0.654. The number of nitrogens with zero attached hydrogens (tertiary/aromatic N) is 3. The molecule has 10 heteroatoms. The molecule has 0 fully saturated rings. The third-order valence-electron chi connectivity index (χ3n) is 5.07. The molecule has 3 heterocycles. The molecule has 0 amide bonds. The summed E-state index contributed by atoms with van der Waals surface area (Å²) < 4.78 is 44.4. The van der Waals surface area contributed by atoms with Crippen molar-refractivity contribution in [1.29, 1.82) is 0 Å². The number of anilines is 2. The summed E-state index contributed by atoms with van der Waals surface area (Å²) in [6, 6.07) is 6.97. The lowest BCUT2D eigenvalue weighted by atomic mass is 10.1. The number of aliphatic imine (C=N–C) groups is 1. The maximum atomic E-state index is 14.5. The highest BCUT2D eigenvalue weighted by atomic mass is 32.2. The smallest absolute Gasteiger partial charge is 0.162 e. The predicted octanol–water partition coefficient (Wildman–Crippen LogP) is 2.74. The van der Waals surface area contributed by atoms with Gasteiger partial charge in [0.2, 0.25) is 0 Å². The first-order valence-electron chi connectivity index (χ1n) is 9.18. The van der Waals surface area contributed by atoms with Crippen LogP contribution in [-0.2, 0) is 9.84 Å². The number of aromatic nitrogens is 2. The number of halogens is 1. The Balaban J connectivity index is 1.71. The number of fused-ring (bicyclic) bond motifs is 1. The van der Waals surface area contributed by atoms with E-state index in [1.54, 1.807) is 37.7 Å². The average Bonchev–Trinajstić information content (AvgIpc) is 2.72. The van der Waals surface area contributed by atoms with Gasteiger partial charge in [0.05, 0.1) is 36.3 Å². The molecule has 1 aliphatic rings. The minimum Gasteiger partial charge on any atom is -0.495 e. The first-order valence-corrected chi connectivity index (χ1v) is 10.9. The molecular weight excluding hydrogens is 409 g/mol. The van der Waals surface area contributed by atoms with Crippen molar-refractivity contribution in [1.82, 2.24) is 9.97 Å². The van der Waals surface area contributed by atoms with Crippen LogP contribution in [0, 0.1) is 5.82 Å². The Kier molecular flexibility index (Phi) is 5.02. The summed E-state index contributed by atoms with van der Waals surface area (Å²) in [5, 5.41) is 2.32. The number of pyridine rings is 2. The lowest BCUT2D eigenvalue weighted by Crippen LogP contribution is -2.40. The fraction of sp³-hybridized carbons (Fsp3) is 0.250. The highest BCUT2D eigenvalue weighted by molar-refractivity contribution is 7.92. The highest BCUT2D eigenvalue weighted by Gasteiger charge is 2.34. The van der Waals surface area contributed by atoms with E-state index in [1.165, 1.54) is 19.1 Å². The number of nitrogens with one attached hydrogen (secondary N) is 1. The summed E-state index contributed by atoms with van der Waals surface area (Å²) in [5.74, 6) is -0.273. The van der Waals surface area contributed by atoms with E-state index in [0.717, 1.165) is 0 Å². The van der Waals surface area contributed by atoms with Gasteiger partial charge in [0.25, 0.3) is 0 Å². The van der Waals surface area contributed by atoms with Gasteiger partial charge in [-0.2, -0.15) is 0 Å². The zero-order valence-corrected chi connectivity index (χ0v) is 17.1. The second-order valence-corrected chi connectivity index (χ2v) is 9.37. The maximum Gasteiger partial charge on any atom is 0.162 e. The summed E-state index contributed by atoms with van der Waals surface area (Å²) in [4.78, 5) is 12.9. The van der Waals surface area contributed by atoms with Crippen molar-refractivity contribution < 1.29 is 17.5 Å². The fourth-order valence-electron chi connectivity index (χ4n) is 3.29. The lowest BCUT2D eigenvalue weighted by molar-refractivity contribution is 0.413. The van der Waals surface area contributed by atoms with Crippen LogP contribution in [0.4, 0.5) is 15.8 Å². The zero-order chi connectivity index (χ0) is 21.5. The van der Waals surface area contributed by atoms with Crippen molar-refractivity contribution in [2.75, 3.05) is 18.2 Å². The molecule has 4 rings (SSSR count). The van der Waals surface area contributed by atoms with E-state index in [0.29, 0.717) is 28.2 Å². The molecule has 0 spiro atoms. The number of nitrogens with two attached hydrogens (primary N) is 1. The number of ether oxygens (including phenoxy) is 1. The molecule has 3 aromatic rings. The largest absolute Gasteiger partial charge is 0.495 e. The van der Waals surface area contributed by atoms with Crippen molar-refractivity contribution in [3.05, 3.63) is 54.1 Å². The molecule has 0 aliphatic carbocycles. The second kappa shape index (κ2) is 7.52. The fourth-order valence-corrected chi connectivity index (χ4v) is 4.70. The van der Waals surface area contributed by atoms with Crippen molar-refractivity contribution in [3.8, 4) is 5.75 Å². The van der Waals surface area contributed by atoms with E-state index in [9.17, 15) is 12.8 Å². The summed E-state index contributed by atoms with van der Waals surface area (Å²) >= 11 is 0. The molecule has 2 atom stereocenters. The molecule has 0 radical (unpaired) electrons. The zero-order valence-electron chi connectivity index (χ0n) is 16.3. The van der Waals surface area contributed by atoms with Crippen LogP contribution in [0.5, 0.6) is 5.75 Å². The Hall–Kier alpha value is -3.27. The van der Waals surface area contributed by atoms with Crippen LogP contribution in [0.2, 0.25) is 0 Å². The van der Waals surface area contributed by atoms with Crippen LogP contribution >= 0.6 is 0 Å². The van der Waals surface area contributed by atoms with Crippen molar-refractivity contribution >= 4 is 38.1 Å². The van der Waals surface area contributed by atoms with Gasteiger partial charge in [-0.15, -0.1) is 0 Å². The molecule has 1 aliphatic heterocycles. The van der Waals surface area contributed by atoms with Crippen LogP contribution in [0.15, 0.2) is 47.7 Å². The van der Waals surface area contributed by atoms with E-state index in [-0.39, 0.29) is 17.2 Å². The lowest BCUT2D eigenvalue weighted by Gasteiger charge is -2.24. The van der Waals surface area contributed by atoms with Crippen LogP contribution in [0.3, 0.4) is 0 Å². The summed E-state index contributed by atoms with van der Waals surface area (Å²) in [6.45, 7) is 1.48. The number of benzene rings is 1. The molecule has 30 heavy (non-hydrogen) atoms. The number of amidine groups is 1. The van der Waals surface area contributed by atoms with Crippen molar-refractivity contribution in [3.63, 3.8) is 0 Å². The highest BCUT2D eigenvalue weighted by Crippen LogP contribution is 2.32. The second-order valence-electron chi connectivity index (χ2n) is 7.00. The van der Waals surface area contributed by atoms with E-state index >= 15 is 0 Å². The van der Waals surface area contributed by atoms with E-state index in [4.69, 9.17) is 10.5 Å². The van der Waals surface area contributed by atoms with Crippen molar-refractivity contribution in [2.45, 2.75) is 18.2 Å². The molecular formula is C20H20FN5O3S. The van der Waals surface area contributed by atoms with Gasteiger partial charge < -0.3 is 15.8 Å². The standard InChI is InChI=1S/C20H20FN5O3S/c1-11-20(22)26-18(10-30(11,27)28)14-7-12(3-4-15(14)21)25-16-5-6-23-17-8-13(29-2)9-24-19(16)17/h3-9,11,18H,10H2,1-2H3,(H2,22,26)(H,23,25). The van der Waals surface area contributed by atoms with E-state index in [2.05, 4.69) is 20.3 Å². The van der Waals surface area contributed by atoms with Crippen molar-refractivity contribution in [2.24, 2.45) is 10.7 Å². The Morgan fingerprint density at radius 2 is 2.03 bits per heavy atom.